The van der Waals surface area contributed by atoms with Crippen LogP contribution in [0.5, 0.6) is 0 Å². The van der Waals surface area contributed by atoms with Crippen molar-refractivity contribution in [1.29, 1.82) is 0 Å². The summed E-state index contributed by atoms with van der Waals surface area (Å²) in [5.41, 5.74) is 2.57. The number of hydrogen-bond donors (Lipinski definition) is 1. The molecule has 1 N–H and O–H groups in total. The van der Waals surface area contributed by atoms with Crippen LogP contribution in [-0.4, -0.2) is 5.78 Å². The molecule has 0 aliphatic heterocycles. The Labute approximate surface area is 140 Å². The molecule has 0 saturated carbocycles. The zero-order valence-electron chi connectivity index (χ0n) is 12.7. The number of allylic oxidation sites excluding steroid dienone is 1. The third-order valence-electron chi connectivity index (χ3n) is 3.71. The molecule has 0 radical (unpaired) electrons. The molecule has 0 heterocycles. The Morgan fingerprint density at radius 1 is 1.04 bits per heavy atom. The lowest BCUT2D eigenvalue weighted by Crippen LogP contribution is -1.97. The maximum Gasteiger partial charge on any atom is 0.187 e. The quantitative estimate of drug-likeness (QED) is 0.500. The molecule has 2 nitrogen and oxygen atoms in total. The highest BCUT2D eigenvalue weighted by Crippen LogP contribution is 2.21. The summed E-state index contributed by atoms with van der Waals surface area (Å²) in [6, 6.07) is 19.3. The largest absolute Gasteiger partial charge is 0.362 e. The van der Waals surface area contributed by atoms with Crippen molar-refractivity contribution >= 4 is 33.8 Å². The minimum absolute atomic E-state index is 0.0347. The molecular weight excluding hydrogens is 306 g/mol. The van der Waals surface area contributed by atoms with Crippen LogP contribution in [-0.2, 0) is 0 Å². The van der Waals surface area contributed by atoms with Gasteiger partial charge in [0.25, 0.3) is 0 Å². The predicted octanol–water partition coefficient (Wildman–Crippen LogP) is 5.61. The maximum absolute atomic E-state index is 12.4. The molecule has 114 valence electrons. The molecule has 0 amide bonds. The van der Waals surface area contributed by atoms with Gasteiger partial charge >= 0.3 is 0 Å². The molecule has 3 aromatic carbocycles. The Morgan fingerprint density at radius 3 is 2.65 bits per heavy atom. The van der Waals surface area contributed by atoms with Gasteiger partial charge in [-0.15, -0.1) is 0 Å². The van der Waals surface area contributed by atoms with Crippen LogP contribution < -0.4 is 5.32 Å². The topological polar surface area (TPSA) is 29.1 Å². The zero-order valence-corrected chi connectivity index (χ0v) is 13.5. The van der Waals surface area contributed by atoms with E-state index in [1.165, 1.54) is 6.08 Å². The summed E-state index contributed by atoms with van der Waals surface area (Å²) >= 11 is 6.09. The van der Waals surface area contributed by atoms with Crippen LogP contribution in [0.15, 0.2) is 72.9 Å². The first-order valence-electron chi connectivity index (χ1n) is 7.36. The molecule has 0 fully saturated rings. The van der Waals surface area contributed by atoms with E-state index in [4.69, 9.17) is 11.6 Å². The van der Waals surface area contributed by atoms with E-state index in [2.05, 4.69) is 5.32 Å². The molecule has 3 heteroatoms. The zero-order chi connectivity index (χ0) is 16.2. The maximum atomic E-state index is 12.4. The van der Waals surface area contributed by atoms with Crippen molar-refractivity contribution in [3.05, 3.63) is 89.1 Å². The molecule has 0 bridgehead atoms. The van der Waals surface area contributed by atoms with Gasteiger partial charge in [0.05, 0.1) is 0 Å². The van der Waals surface area contributed by atoms with Crippen LogP contribution in [0, 0.1) is 6.92 Å². The van der Waals surface area contributed by atoms with Crippen molar-refractivity contribution in [1.82, 2.24) is 0 Å². The lowest BCUT2D eigenvalue weighted by Gasteiger charge is -2.04. The second-order valence-electron chi connectivity index (χ2n) is 5.33. The molecule has 0 aliphatic rings. The number of hydrogen-bond acceptors (Lipinski definition) is 2. The lowest BCUT2D eigenvalue weighted by atomic mass is 10.0. The Balaban J connectivity index is 1.79. The highest BCUT2D eigenvalue weighted by molar-refractivity contribution is 6.31. The van der Waals surface area contributed by atoms with Crippen molar-refractivity contribution in [2.45, 2.75) is 6.92 Å². The van der Waals surface area contributed by atoms with E-state index in [0.717, 1.165) is 22.0 Å². The van der Waals surface area contributed by atoms with Crippen molar-refractivity contribution in [2.75, 3.05) is 5.32 Å². The second-order valence-corrected chi connectivity index (χ2v) is 5.74. The Kier molecular flexibility index (Phi) is 4.45. The van der Waals surface area contributed by atoms with Gasteiger partial charge in [0.15, 0.2) is 5.78 Å². The number of ketones is 1. The van der Waals surface area contributed by atoms with E-state index in [9.17, 15) is 4.79 Å². The van der Waals surface area contributed by atoms with Crippen molar-refractivity contribution in [3.8, 4) is 0 Å². The average molecular weight is 322 g/mol. The number of carbonyl (C=O) groups excluding carboxylic acids is 1. The predicted molar refractivity (Wildman–Crippen MR) is 97.2 cm³/mol. The van der Waals surface area contributed by atoms with E-state index in [-0.39, 0.29) is 5.78 Å². The fraction of sp³-hybridized carbons (Fsp3) is 0.0500. The number of benzene rings is 3. The SMILES string of the molecule is Cc1ccc(NC=CC(=O)c2cccc3ccccc23)cc1Cl. The number of anilines is 1. The molecule has 0 unspecified atom stereocenters. The fourth-order valence-corrected chi connectivity index (χ4v) is 2.61. The van der Waals surface area contributed by atoms with Gasteiger partial charge in [0, 0.05) is 28.5 Å². The first kappa shape index (κ1) is 15.3. The van der Waals surface area contributed by atoms with Crippen LogP contribution in [0.3, 0.4) is 0 Å². The highest BCUT2D eigenvalue weighted by Gasteiger charge is 2.06. The van der Waals surface area contributed by atoms with Crippen LogP contribution in [0.2, 0.25) is 5.02 Å². The van der Waals surface area contributed by atoms with Crippen LogP contribution >= 0.6 is 11.6 Å². The van der Waals surface area contributed by atoms with Crippen LogP contribution in [0.25, 0.3) is 10.8 Å². The Morgan fingerprint density at radius 2 is 1.83 bits per heavy atom. The summed E-state index contributed by atoms with van der Waals surface area (Å²) in [6.45, 7) is 1.95. The highest BCUT2D eigenvalue weighted by atomic mass is 35.5. The molecule has 0 aromatic heterocycles. The third-order valence-corrected chi connectivity index (χ3v) is 4.12. The number of fused-ring (bicyclic) bond motifs is 1. The van der Waals surface area contributed by atoms with Crippen molar-refractivity contribution < 1.29 is 4.79 Å². The van der Waals surface area contributed by atoms with E-state index in [1.807, 2.05) is 67.6 Å². The van der Waals surface area contributed by atoms with Gasteiger partial charge < -0.3 is 5.32 Å². The smallest absolute Gasteiger partial charge is 0.187 e. The van der Waals surface area contributed by atoms with Gasteiger partial charge in [-0.25, -0.2) is 0 Å². The summed E-state index contributed by atoms with van der Waals surface area (Å²) < 4.78 is 0. The first-order valence-corrected chi connectivity index (χ1v) is 7.74. The normalized spacial score (nSPS) is 11.0. The van der Waals surface area contributed by atoms with Gasteiger partial charge in [-0.2, -0.15) is 0 Å². The summed E-state index contributed by atoms with van der Waals surface area (Å²) in [7, 11) is 0. The Hall–Kier alpha value is -2.58. The summed E-state index contributed by atoms with van der Waals surface area (Å²) in [4.78, 5) is 12.4. The third kappa shape index (κ3) is 3.43. The standard InChI is InChI=1S/C20H16ClNO/c1-14-9-10-16(13-19(14)21)22-12-11-20(23)18-8-4-6-15-5-2-3-7-17(15)18/h2-13,22H,1H3. The molecule has 0 aliphatic carbocycles. The van der Waals surface area contributed by atoms with Gasteiger partial charge in [-0.05, 0) is 35.4 Å². The van der Waals surface area contributed by atoms with Gasteiger partial charge in [-0.1, -0.05) is 60.1 Å². The molecular formula is C20H16ClNO. The van der Waals surface area contributed by atoms with Crippen LogP contribution in [0.1, 0.15) is 15.9 Å². The molecule has 23 heavy (non-hydrogen) atoms. The van der Waals surface area contributed by atoms with Gasteiger partial charge in [0.1, 0.15) is 0 Å². The summed E-state index contributed by atoms with van der Waals surface area (Å²) in [5.74, 6) is -0.0347. The monoisotopic (exact) mass is 321 g/mol. The van der Waals surface area contributed by atoms with Gasteiger partial charge in [-0.3, -0.25) is 4.79 Å². The van der Waals surface area contributed by atoms with Crippen LogP contribution in [0.4, 0.5) is 5.69 Å². The lowest BCUT2D eigenvalue weighted by molar-refractivity contribution is 0.104. The molecule has 0 saturated heterocycles. The summed E-state index contributed by atoms with van der Waals surface area (Å²) in [5, 5.41) is 5.79. The average Bonchev–Trinajstić information content (AvgIpc) is 2.57. The number of nitrogens with one attached hydrogen (secondary N) is 1. The van der Waals surface area contributed by atoms with E-state index >= 15 is 0 Å². The fourth-order valence-electron chi connectivity index (χ4n) is 2.43. The van der Waals surface area contributed by atoms with E-state index < -0.39 is 0 Å². The number of carbonyl (C=O) groups is 1. The molecule has 3 aromatic rings. The van der Waals surface area contributed by atoms with Crippen molar-refractivity contribution in [2.24, 2.45) is 0 Å². The molecule has 0 atom stereocenters. The Bertz CT molecular complexity index is 894. The number of aryl methyl sites for hydroxylation is 1. The van der Waals surface area contributed by atoms with Gasteiger partial charge in [0.2, 0.25) is 0 Å². The minimum Gasteiger partial charge on any atom is -0.362 e. The molecule has 0 spiro atoms. The summed E-state index contributed by atoms with van der Waals surface area (Å²) in [6.07, 6.45) is 3.18. The van der Waals surface area contributed by atoms with E-state index in [1.54, 1.807) is 6.20 Å². The first-order chi connectivity index (χ1) is 11.1. The number of halogens is 1. The number of rotatable bonds is 4. The minimum atomic E-state index is -0.0347. The molecule has 3 rings (SSSR count). The van der Waals surface area contributed by atoms with Crippen molar-refractivity contribution in [3.63, 3.8) is 0 Å². The second kappa shape index (κ2) is 6.67. The van der Waals surface area contributed by atoms with E-state index in [0.29, 0.717) is 10.6 Å².